The molecule has 1 aromatic rings. The molecule has 0 saturated carbocycles. The fraction of sp³-hybridized carbons (Fsp3) is 0.100. The molecule has 0 heterocycles. The number of hydrogen-bond donors (Lipinski definition) is 1. The van der Waals surface area contributed by atoms with Gasteiger partial charge in [0.25, 0.3) is 0 Å². The Morgan fingerprint density at radius 3 is 2.85 bits per heavy atom. The smallest absolute Gasteiger partial charge is 0.328 e. The minimum Gasteiger partial charge on any atom is -0.478 e. The maximum absolute atomic E-state index is 10.3. The first-order chi connectivity index (χ1) is 6.09. The van der Waals surface area contributed by atoms with E-state index in [-0.39, 0.29) is 0 Å². The Morgan fingerprint density at radius 2 is 2.23 bits per heavy atom. The van der Waals surface area contributed by atoms with Crippen molar-refractivity contribution in [2.75, 3.05) is 0 Å². The first-order valence-corrected chi connectivity index (χ1v) is 4.56. The zero-order chi connectivity index (χ0) is 9.84. The molecule has 3 heteroatoms. The van der Waals surface area contributed by atoms with E-state index < -0.39 is 5.97 Å². The largest absolute Gasteiger partial charge is 0.478 e. The summed E-state index contributed by atoms with van der Waals surface area (Å²) in [4.78, 5) is 10.3. The summed E-state index contributed by atoms with van der Waals surface area (Å²) in [6.07, 6.45) is 2.72. The van der Waals surface area contributed by atoms with Gasteiger partial charge in [-0.1, -0.05) is 22.0 Å². The normalized spacial score (nSPS) is 10.6. The molecule has 0 aliphatic carbocycles. The summed E-state index contributed by atoms with van der Waals surface area (Å²) >= 11 is 3.32. The van der Waals surface area contributed by atoms with Crippen molar-refractivity contribution < 1.29 is 9.90 Å². The number of carbonyl (C=O) groups is 1. The van der Waals surface area contributed by atoms with E-state index in [0.717, 1.165) is 21.7 Å². The lowest BCUT2D eigenvalue weighted by atomic mass is 10.1. The fourth-order valence-corrected chi connectivity index (χ4v) is 1.33. The summed E-state index contributed by atoms with van der Waals surface area (Å²) in [6, 6.07) is 5.74. The van der Waals surface area contributed by atoms with E-state index in [0.29, 0.717) is 0 Å². The van der Waals surface area contributed by atoms with Crippen molar-refractivity contribution >= 4 is 28.0 Å². The van der Waals surface area contributed by atoms with Crippen LogP contribution in [0.5, 0.6) is 0 Å². The average molecular weight is 241 g/mol. The number of aliphatic carboxylic acids is 1. The van der Waals surface area contributed by atoms with Crippen LogP contribution in [-0.4, -0.2) is 11.1 Å². The first kappa shape index (κ1) is 9.99. The van der Waals surface area contributed by atoms with Gasteiger partial charge in [-0.15, -0.1) is 0 Å². The Kier molecular flexibility index (Phi) is 3.25. The SMILES string of the molecule is Cc1ccc(Br)cc1/C=C/C(=O)O. The molecular weight excluding hydrogens is 232 g/mol. The Bertz CT molecular complexity index is 356. The summed E-state index contributed by atoms with van der Waals surface area (Å²) in [5.41, 5.74) is 1.97. The molecule has 0 atom stereocenters. The molecule has 0 saturated heterocycles. The second kappa shape index (κ2) is 4.23. The zero-order valence-electron chi connectivity index (χ0n) is 7.12. The standard InChI is InChI=1S/C10H9BrO2/c1-7-2-4-9(11)6-8(7)3-5-10(12)13/h2-6H,1H3,(H,12,13)/b5-3+. The van der Waals surface area contributed by atoms with Crippen LogP contribution in [0.2, 0.25) is 0 Å². The predicted octanol–water partition coefficient (Wildman–Crippen LogP) is 2.86. The van der Waals surface area contributed by atoms with Gasteiger partial charge in [0.05, 0.1) is 0 Å². The second-order valence-electron chi connectivity index (χ2n) is 2.67. The Morgan fingerprint density at radius 1 is 1.54 bits per heavy atom. The van der Waals surface area contributed by atoms with Crippen LogP contribution in [0.4, 0.5) is 0 Å². The molecule has 0 aliphatic rings. The molecule has 1 aromatic carbocycles. The Balaban J connectivity index is 3.00. The third-order valence-corrected chi connectivity index (χ3v) is 2.14. The highest BCUT2D eigenvalue weighted by Crippen LogP contribution is 2.16. The van der Waals surface area contributed by atoms with Gasteiger partial charge in [0.15, 0.2) is 0 Å². The van der Waals surface area contributed by atoms with Crippen molar-refractivity contribution in [1.29, 1.82) is 0 Å². The quantitative estimate of drug-likeness (QED) is 0.808. The van der Waals surface area contributed by atoms with Crippen molar-refractivity contribution in [3.8, 4) is 0 Å². The van der Waals surface area contributed by atoms with Gasteiger partial charge in [-0.2, -0.15) is 0 Å². The summed E-state index contributed by atoms with van der Waals surface area (Å²) in [5, 5.41) is 8.44. The van der Waals surface area contributed by atoms with Crippen molar-refractivity contribution in [3.63, 3.8) is 0 Å². The molecule has 0 amide bonds. The molecule has 68 valence electrons. The molecule has 0 aromatic heterocycles. The summed E-state index contributed by atoms with van der Waals surface area (Å²) in [6.45, 7) is 1.94. The van der Waals surface area contributed by atoms with Crippen molar-refractivity contribution in [2.45, 2.75) is 6.92 Å². The molecule has 2 nitrogen and oxygen atoms in total. The van der Waals surface area contributed by atoms with E-state index in [9.17, 15) is 4.79 Å². The number of carboxylic acids is 1. The molecule has 0 bridgehead atoms. The molecule has 0 spiro atoms. The van der Waals surface area contributed by atoms with Crippen LogP contribution in [0.1, 0.15) is 11.1 Å². The second-order valence-corrected chi connectivity index (χ2v) is 3.59. The molecule has 0 fully saturated rings. The van der Waals surface area contributed by atoms with Gasteiger partial charge in [0.1, 0.15) is 0 Å². The highest BCUT2D eigenvalue weighted by molar-refractivity contribution is 9.10. The summed E-state index contributed by atoms with van der Waals surface area (Å²) in [5.74, 6) is -0.931. The maximum Gasteiger partial charge on any atom is 0.328 e. The lowest BCUT2D eigenvalue weighted by Gasteiger charge is -1.99. The minimum atomic E-state index is -0.931. The van der Waals surface area contributed by atoms with E-state index in [1.165, 1.54) is 0 Å². The number of aryl methyl sites for hydroxylation is 1. The summed E-state index contributed by atoms with van der Waals surface area (Å²) in [7, 11) is 0. The number of halogens is 1. The highest BCUT2D eigenvalue weighted by Gasteiger charge is 1.95. The van der Waals surface area contributed by atoms with E-state index in [2.05, 4.69) is 15.9 Å². The van der Waals surface area contributed by atoms with Crippen LogP contribution in [-0.2, 0) is 4.79 Å². The lowest BCUT2D eigenvalue weighted by Crippen LogP contribution is -1.87. The van der Waals surface area contributed by atoms with E-state index >= 15 is 0 Å². The van der Waals surface area contributed by atoms with Crippen LogP contribution >= 0.6 is 15.9 Å². The van der Waals surface area contributed by atoms with Crippen LogP contribution in [0.15, 0.2) is 28.7 Å². The van der Waals surface area contributed by atoms with Gasteiger partial charge >= 0.3 is 5.97 Å². The number of carboxylic acid groups (broad SMARTS) is 1. The van der Waals surface area contributed by atoms with Crippen LogP contribution < -0.4 is 0 Å². The maximum atomic E-state index is 10.3. The van der Waals surface area contributed by atoms with Crippen molar-refractivity contribution in [1.82, 2.24) is 0 Å². The minimum absolute atomic E-state index is 0.914. The molecule has 13 heavy (non-hydrogen) atoms. The van der Waals surface area contributed by atoms with E-state index in [4.69, 9.17) is 5.11 Å². The number of hydrogen-bond acceptors (Lipinski definition) is 1. The Hall–Kier alpha value is -1.09. The highest BCUT2D eigenvalue weighted by atomic mass is 79.9. The molecule has 0 radical (unpaired) electrons. The van der Waals surface area contributed by atoms with Gasteiger partial charge in [-0.3, -0.25) is 0 Å². The van der Waals surface area contributed by atoms with E-state index in [1.807, 2.05) is 25.1 Å². The molecule has 1 N–H and O–H groups in total. The summed E-state index contributed by atoms with van der Waals surface area (Å²) < 4.78 is 0.947. The van der Waals surface area contributed by atoms with Crippen molar-refractivity contribution in [3.05, 3.63) is 39.9 Å². The van der Waals surface area contributed by atoms with Crippen molar-refractivity contribution in [2.24, 2.45) is 0 Å². The van der Waals surface area contributed by atoms with Crippen LogP contribution in [0.3, 0.4) is 0 Å². The fourth-order valence-electron chi connectivity index (χ4n) is 0.952. The predicted molar refractivity (Wildman–Crippen MR) is 55.5 cm³/mol. The van der Waals surface area contributed by atoms with Gasteiger partial charge in [-0.05, 0) is 36.3 Å². The topological polar surface area (TPSA) is 37.3 Å². The number of rotatable bonds is 2. The average Bonchev–Trinajstić information content (AvgIpc) is 2.06. The first-order valence-electron chi connectivity index (χ1n) is 3.77. The monoisotopic (exact) mass is 240 g/mol. The molecule has 0 aliphatic heterocycles. The van der Waals surface area contributed by atoms with E-state index in [1.54, 1.807) is 6.08 Å². The Labute approximate surface area is 85.0 Å². The lowest BCUT2D eigenvalue weighted by molar-refractivity contribution is -0.131. The van der Waals surface area contributed by atoms with Gasteiger partial charge in [0.2, 0.25) is 0 Å². The molecule has 1 rings (SSSR count). The third kappa shape index (κ3) is 3.03. The zero-order valence-corrected chi connectivity index (χ0v) is 8.71. The molecular formula is C10H9BrO2. The van der Waals surface area contributed by atoms with Gasteiger partial charge in [-0.25, -0.2) is 4.79 Å². The van der Waals surface area contributed by atoms with Crippen LogP contribution in [0.25, 0.3) is 6.08 Å². The molecule has 0 unspecified atom stereocenters. The van der Waals surface area contributed by atoms with Gasteiger partial charge < -0.3 is 5.11 Å². The third-order valence-electron chi connectivity index (χ3n) is 1.65. The number of benzene rings is 1. The van der Waals surface area contributed by atoms with Gasteiger partial charge in [0, 0.05) is 10.5 Å². The van der Waals surface area contributed by atoms with Crippen LogP contribution in [0, 0.1) is 6.92 Å².